The highest BCUT2D eigenvalue weighted by atomic mass is 32.2. The van der Waals surface area contributed by atoms with E-state index in [0.29, 0.717) is 24.3 Å². The summed E-state index contributed by atoms with van der Waals surface area (Å²) in [5.41, 5.74) is 2.47. The first-order valence-electron chi connectivity index (χ1n) is 9.88. The van der Waals surface area contributed by atoms with Crippen LogP contribution in [0.4, 0.5) is 0 Å². The number of carbonyl (C=O) groups is 1. The van der Waals surface area contributed by atoms with E-state index in [1.54, 1.807) is 0 Å². The van der Waals surface area contributed by atoms with Crippen LogP contribution >= 0.6 is 11.8 Å². The van der Waals surface area contributed by atoms with Gasteiger partial charge in [-0.05, 0) is 43.2 Å². The predicted molar refractivity (Wildman–Crippen MR) is 115 cm³/mol. The van der Waals surface area contributed by atoms with E-state index in [0.717, 1.165) is 19.5 Å². The molecular formula is C23H30N2OS. The lowest BCUT2D eigenvalue weighted by Crippen LogP contribution is -2.39. The first-order chi connectivity index (χ1) is 13.3. The molecule has 144 valence electrons. The van der Waals surface area contributed by atoms with E-state index in [4.69, 9.17) is 0 Å². The zero-order valence-corrected chi connectivity index (χ0v) is 17.0. The molecule has 2 unspecified atom stereocenters. The van der Waals surface area contributed by atoms with Crippen molar-refractivity contribution in [2.75, 3.05) is 19.3 Å². The molecular weight excluding hydrogens is 352 g/mol. The molecule has 1 aliphatic heterocycles. The van der Waals surface area contributed by atoms with Crippen LogP contribution in [0, 0.1) is 0 Å². The molecule has 2 atom stereocenters. The third-order valence-electron chi connectivity index (χ3n) is 5.31. The lowest BCUT2D eigenvalue weighted by atomic mass is 10.1. The van der Waals surface area contributed by atoms with Gasteiger partial charge in [-0.15, -0.1) is 0 Å². The van der Waals surface area contributed by atoms with Crippen molar-refractivity contribution in [2.45, 2.75) is 43.5 Å². The smallest absolute Gasteiger partial charge is 0.224 e. The summed E-state index contributed by atoms with van der Waals surface area (Å²) in [6.07, 6.45) is 6.04. The molecule has 3 rings (SSSR count). The maximum atomic E-state index is 13.2. The Balaban J connectivity index is 1.66. The van der Waals surface area contributed by atoms with Gasteiger partial charge in [0, 0.05) is 30.8 Å². The van der Waals surface area contributed by atoms with E-state index in [9.17, 15) is 4.79 Å². The normalized spacial score (nSPS) is 17.6. The molecule has 2 aromatic rings. The van der Waals surface area contributed by atoms with Crippen LogP contribution < -0.4 is 5.32 Å². The molecule has 0 spiro atoms. The number of hydrogen-bond acceptors (Lipinski definition) is 3. The van der Waals surface area contributed by atoms with Crippen LogP contribution in [-0.4, -0.2) is 41.4 Å². The SMILES string of the molecule is CSC(CC(=O)N(CCc1ccccc1)Cc1ccccc1)C1CCCN1. The summed E-state index contributed by atoms with van der Waals surface area (Å²) in [6, 6.07) is 21.2. The highest BCUT2D eigenvalue weighted by Gasteiger charge is 2.27. The summed E-state index contributed by atoms with van der Waals surface area (Å²) in [7, 11) is 0. The minimum atomic E-state index is 0.267. The Morgan fingerprint density at radius 1 is 1.11 bits per heavy atom. The molecule has 0 saturated carbocycles. The van der Waals surface area contributed by atoms with Gasteiger partial charge in [-0.25, -0.2) is 0 Å². The van der Waals surface area contributed by atoms with Gasteiger partial charge in [0.2, 0.25) is 5.91 Å². The first kappa shape index (κ1) is 20.0. The number of nitrogens with one attached hydrogen (secondary N) is 1. The number of nitrogens with zero attached hydrogens (tertiary/aromatic N) is 1. The summed E-state index contributed by atoms with van der Waals surface area (Å²) in [6.45, 7) is 2.53. The lowest BCUT2D eigenvalue weighted by molar-refractivity contribution is -0.131. The highest BCUT2D eigenvalue weighted by molar-refractivity contribution is 7.99. The molecule has 4 heteroatoms. The fourth-order valence-electron chi connectivity index (χ4n) is 3.72. The van der Waals surface area contributed by atoms with Gasteiger partial charge >= 0.3 is 0 Å². The molecule has 1 fully saturated rings. The van der Waals surface area contributed by atoms with Crippen molar-refractivity contribution < 1.29 is 4.79 Å². The largest absolute Gasteiger partial charge is 0.338 e. The zero-order chi connectivity index (χ0) is 18.9. The first-order valence-corrected chi connectivity index (χ1v) is 11.2. The van der Waals surface area contributed by atoms with E-state index < -0.39 is 0 Å². The van der Waals surface area contributed by atoms with Crippen LogP contribution in [0.15, 0.2) is 60.7 Å². The van der Waals surface area contributed by atoms with E-state index in [1.165, 1.54) is 24.0 Å². The van der Waals surface area contributed by atoms with Gasteiger partial charge in [0.1, 0.15) is 0 Å². The molecule has 3 nitrogen and oxygen atoms in total. The van der Waals surface area contributed by atoms with E-state index >= 15 is 0 Å². The molecule has 0 bridgehead atoms. The van der Waals surface area contributed by atoms with Gasteiger partial charge in [-0.1, -0.05) is 60.7 Å². The Hall–Kier alpha value is -1.78. The predicted octanol–water partition coefficient (Wildman–Crippen LogP) is 4.13. The minimum Gasteiger partial charge on any atom is -0.338 e. The number of amides is 1. The molecule has 0 radical (unpaired) electrons. The quantitative estimate of drug-likeness (QED) is 0.708. The average molecular weight is 383 g/mol. The van der Waals surface area contributed by atoms with Crippen molar-refractivity contribution in [1.82, 2.24) is 10.2 Å². The molecule has 2 aromatic carbocycles. The van der Waals surface area contributed by atoms with Crippen LogP contribution in [0.1, 0.15) is 30.4 Å². The van der Waals surface area contributed by atoms with Crippen molar-refractivity contribution in [3.63, 3.8) is 0 Å². The monoisotopic (exact) mass is 382 g/mol. The third kappa shape index (κ3) is 6.12. The van der Waals surface area contributed by atoms with Crippen molar-refractivity contribution >= 4 is 17.7 Å². The van der Waals surface area contributed by atoms with E-state index in [2.05, 4.69) is 48.0 Å². The van der Waals surface area contributed by atoms with Gasteiger partial charge in [-0.2, -0.15) is 11.8 Å². The van der Waals surface area contributed by atoms with Gasteiger partial charge < -0.3 is 10.2 Å². The Labute approximate surface area is 167 Å². The average Bonchev–Trinajstić information content (AvgIpc) is 3.25. The van der Waals surface area contributed by atoms with Gasteiger partial charge in [0.25, 0.3) is 0 Å². The number of benzene rings is 2. The number of rotatable bonds is 9. The summed E-state index contributed by atoms with van der Waals surface area (Å²) in [5.74, 6) is 0.267. The fourth-order valence-corrected chi connectivity index (χ4v) is 4.59. The Kier molecular flexibility index (Phi) is 7.79. The summed E-state index contributed by atoms with van der Waals surface area (Å²) < 4.78 is 0. The highest BCUT2D eigenvalue weighted by Crippen LogP contribution is 2.23. The molecule has 1 aliphatic rings. The summed E-state index contributed by atoms with van der Waals surface area (Å²) in [5, 5.41) is 3.92. The number of carbonyl (C=O) groups excluding carboxylic acids is 1. The fraction of sp³-hybridized carbons (Fsp3) is 0.435. The van der Waals surface area contributed by atoms with Crippen molar-refractivity contribution in [3.05, 3.63) is 71.8 Å². The molecule has 1 saturated heterocycles. The van der Waals surface area contributed by atoms with Gasteiger partial charge in [0.15, 0.2) is 0 Å². The summed E-state index contributed by atoms with van der Waals surface area (Å²) >= 11 is 1.82. The molecule has 1 N–H and O–H groups in total. The maximum Gasteiger partial charge on any atom is 0.224 e. The molecule has 27 heavy (non-hydrogen) atoms. The van der Waals surface area contributed by atoms with Crippen molar-refractivity contribution in [1.29, 1.82) is 0 Å². The third-order valence-corrected chi connectivity index (χ3v) is 6.41. The molecule has 0 aromatic heterocycles. The van der Waals surface area contributed by atoms with Crippen LogP contribution in [0.3, 0.4) is 0 Å². The summed E-state index contributed by atoms with van der Waals surface area (Å²) in [4.78, 5) is 15.2. The maximum absolute atomic E-state index is 13.2. The second-order valence-corrected chi connectivity index (χ2v) is 8.29. The van der Waals surface area contributed by atoms with Crippen molar-refractivity contribution in [2.24, 2.45) is 0 Å². The molecule has 0 aliphatic carbocycles. The Morgan fingerprint density at radius 3 is 2.37 bits per heavy atom. The van der Waals surface area contributed by atoms with Crippen LogP contribution in [0.25, 0.3) is 0 Å². The van der Waals surface area contributed by atoms with Gasteiger partial charge in [-0.3, -0.25) is 4.79 Å². The lowest BCUT2D eigenvalue weighted by Gasteiger charge is -2.27. The van der Waals surface area contributed by atoms with E-state index in [-0.39, 0.29) is 5.91 Å². The van der Waals surface area contributed by atoms with Crippen molar-refractivity contribution in [3.8, 4) is 0 Å². The van der Waals surface area contributed by atoms with Crippen LogP contribution in [0.5, 0.6) is 0 Å². The van der Waals surface area contributed by atoms with Crippen LogP contribution in [0.2, 0.25) is 0 Å². The van der Waals surface area contributed by atoms with E-state index in [1.807, 2.05) is 40.9 Å². The standard InChI is InChI=1S/C23H30N2OS/c1-27-22(21-13-8-15-24-21)17-23(26)25(18-20-11-6-3-7-12-20)16-14-19-9-4-2-5-10-19/h2-7,9-12,21-22,24H,8,13-18H2,1H3. The van der Waals surface area contributed by atoms with Crippen LogP contribution in [-0.2, 0) is 17.8 Å². The second-order valence-electron chi connectivity index (χ2n) is 7.22. The number of thioether (sulfide) groups is 1. The zero-order valence-electron chi connectivity index (χ0n) is 16.1. The minimum absolute atomic E-state index is 0.267. The second kappa shape index (κ2) is 10.5. The topological polar surface area (TPSA) is 32.3 Å². The Morgan fingerprint density at radius 2 is 1.78 bits per heavy atom. The number of hydrogen-bond donors (Lipinski definition) is 1. The molecule has 1 heterocycles. The Bertz CT molecular complexity index is 686. The molecule has 1 amide bonds. The van der Waals surface area contributed by atoms with Gasteiger partial charge in [0.05, 0.1) is 0 Å².